The van der Waals surface area contributed by atoms with Crippen molar-refractivity contribution in [1.82, 2.24) is 5.32 Å². The Kier molecular flexibility index (Phi) is 4.27. The van der Waals surface area contributed by atoms with E-state index in [1.807, 2.05) is 12.1 Å². The van der Waals surface area contributed by atoms with E-state index in [-0.39, 0.29) is 6.61 Å². The number of rotatable bonds is 4. The molecule has 114 valence electrons. The summed E-state index contributed by atoms with van der Waals surface area (Å²) >= 11 is 5.83. The molecule has 0 saturated heterocycles. The molecule has 0 aliphatic carbocycles. The summed E-state index contributed by atoms with van der Waals surface area (Å²) in [7, 11) is 1.56. The summed E-state index contributed by atoms with van der Waals surface area (Å²) in [5.41, 5.74) is 1.48. The minimum absolute atomic E-state index is 0.225. The van der Waals surface area contributed by atoms with Gasteiger partial charge in [0.2, 0.25) is 0 Å². The van der Waals surface area contributed by atoms with Crippen LogP contribution in [0.5, 0.6) is 11.5 Å². The van der Waals surface area contributed by atoms with Crippen molar-refractivity contribution in [3.05, 3.63) is 58.0 Å². The molecule has 0 amide bonds. The van der Waals surface area contributed by atoms with Crippen LogP contribution in [0.2, 0.25) is 5.02 Å². The Bertz CT molecular complexity index is 674. The van der Waals surface area contributed by atoms with Crippen molar-refractivity contribution in [3.8, 4) is 11.5 Å². The van der Waals surface area contributed by atoms with E-state index in [1.54, 1.807) is 37.4 Å². The van der Waals surface area contributed by atoms with Gasteiger partial charge in [-0.05, 0) is 30.3 Å². The highest BCUT2D eigenvalue weighted by Crippen LogP contribution is 2.34. The number of hydrogen-bond acceptors (Lipinski definition) is 4. The average molecular weight is 320 g/mol. The summed E-state index contributed by atoms with van der Waals surface area (Å²) in [5, 5.41) is 3.81. The Morgan fingerprint density at radius 1 is 1.27 bits per heavy atom. The maximum absolute atomic E-state index is 12.5. The molecule has 1 heterocycles. The summed E-state index contributed by atoms with van der Waals surface area (Å²) in [6.45, 7) is 0.822. The number of ether oxygens (including phenoxy) is 2. The maximum Gasteiger partial charge on any atom is 0.304 e. The van der Waals surface area contributed by atoms with E-state index in [2.05, 4.69) is 5.32 Å². The molecule has 1 atom stereocenters. The molecule has 2 aromatic carbocycles. The zero-order valence-corrected chi connectivity index (χ0v) is 12.8. The second-order valence-electron chi connectivity index (χ2n) is 4.96. The van der Waals surface area contributed by atoms with E-state index < -0.39 is 6.17 Å². The molecule has 0 aromatic heterocycles. The summed E-state index contributed by atoms with van der Waals surface area (Å²) in [6, 6.07) is 12.6. The lowest BCUT2D eigenvalue weighted by atomic mass is 10.1. The number of fused-ring (bicyclic) bond motifs is 1. The molecule has 1 N–H and O–H groups in total. The van der Waals surface area contributed by atoms with Crippen molar-refractivity contribution in [2.24, 2.45) is 0 Å². The first-order chi connectivity index (χ1) is 10.7. The molecule has 1 aliphatic rings. The lowest BCUT2D eigenvalue weighted by molar-refractivity contribution is -0.522. The third-order valence-electron chi connectivity index (χ3n) is 3.56. The lowest BCUT2D eigenvalue weighted by Crippen LogP contribution is -2.44. The Balaban J connectivity index is 1.74. The predicted octanol–water partition coefficient (Wildman–Crippen LogP) is 3.27. The van der Waals surface area contributed by atoms with Crippen molar-refractivity contribution in [1.29, 1.82) is 0 Å². The number of para-hydroxylation sites is 1. The summed E-state index contributed by atoms with van der Waals surface area (Å²) < 4.78 is 11.8. The summed E-state index contributed by atoms with van der Waals surface area (Å²) in [4.78, 5) is 12.5. The van der Waals surface area contributed by atoms with Crippen LogP contribution in [-0.4, -0.2) is 24.6 Å². The molecule has 2 aromatic rings. The first kappa shape index (κ1) is 14.8. The second-order valence-corrected chi connectivity index (χ2v) is 5.39. The third-order valence-corrected chi connectivity index (χ3v) is 3.81. The minimum Gasteiger partial charge on any atom is -0.490 e. The Hall–Kier alpha value is -2.11. The monoisotopic (exact) mass is 319 g/mol. The van der Waals surface area contributed by atoms with Crippen LogP contribution in [0.3, 0.4) is 0 Å². The van der Waals surface area contributed by atoms with Gasteiger partial charge in [0.05, 0.1) is 11.9 Å². The molecular weight excluding hydrogens is 304 g/mol. The molecule has 0 saturated carbocycles. The highest BCUT2D eigenvalue weighted by atomic mass is 35.5. The van der Waals surface area contributed by atoms with Crippen molar-refractivity contribution in [2.45, 2.75) is 12.7 Å². The van der Waals surface area contributed by atoms with Gasteiger partial charge in [0.15, 0.2) is 12.4 Å². The quantitative estimate of drug-likeness (QED) is 0.879. The number of nitrogens with one attached hydrogen (secondary N) is 1. The predicted molar refractivity (Wildman–Crippen MR) is 83.9 cm³/mol. The van der Waals surface area contributed by atoms with E-state index in [4.69, 9.17) is 21.1 Å². The lowest BCUT2D eigenvalue weighted by Gasteiger charge is -2.19. The van der Waals surface area contributed by atoms with Gasteiger partial charge in [-0.3, -0.25) is 0 Å². The fourth-order valence-corrected chi connectivity index (χ4v) is 2.55. The molecule has 0 bridgehead atoms. The van der Waals surface area contributed by atoms with Crippen LogP contribution in [0.1, 0.15) is 5.56 Å². The number of nitrogens with zero attached hydrogens (tertiary/aromatic N) is 1. The molecule has 0 spiro atoms. The number of hydrogen-bond donors (Lipinski definition) is 1. The Morgan fingerprint density at radius 2 is 2.05 bits per heavy atom. The number of nitroso groups, excluding NO2 is 1. The third kappa shape index (κ3) is 2.91. The van der Waals surface area contributed by atoms with E-state index in [0.717, 1.165) is 10.3 Å². The van der Waals surface area contributed by atoms with Gasteiger partial charge < -0.3 is 9.47 Å². The molecule has 6 heteroatoms. The highest BCUT2D eigenvalue weighted by molar-refractivity contribution is 6.30. The molecule has 5 nitrogen and oxygen atoms in total. The zero-order valence-electron chi connectivity index (χ0n) is 12.1. The van der Waals surface area contributed by atoms with Crippen molar-refractivity contribution >= 4 is 17.3 Å². The standard InChI is InChI=1S/C16H16ClN2O3/c1-21-14-4-2-3-11-9-18-15(19(20)16(11)14)10-22-13-7-5-12(17)6-8-13/h2-8,15,18H,9-10H2,1H3/q+1. The fourth-order valence-electron chi connectivity index (χ4n) is 2.42. The zero-order chi connectivity index (χ0) is 15.5. The second kappa shape index (κ2) is 6.34. The highest BCUT2D eigenvalue weighted by Gasteiger charge is 2.38. The van der Waals surface area contributed by atoms with E-state index in [0.29, 0.717) is 28.8 Å². The molecule has 0 radical (unpaired) electrons. The Labute approximate surface area is 133 Å². The van der Waals surface area contributed by atoms with Crippen LogP contribution < -0.4 is 14.8 Å². The van der Waals surface area contributed by atoms with E-state index in [9.17, 15) is 4.91 Å². The van der Waals surface area contributed by atoms with Gasteiger partial charge in [-0.15, -0.1) is 0 Å². The van der Waals surface area contributed by atoms with Gasteiger partial charge in [0, 0.05) is 22.0 Å². The SMILES string of the molecule is COc1cccc2c1[N+](=O)C(COc1ccc(Cl)cc1)NC2. The van der Waals surface area contributed by atoms with Gasteiger partial charge >= 0.3 is 5.69 Å². The van der Waals surface area contributed by atoms with Crippen LogP contribution in [0.15, 0.2) is 42.5 Å². The van der Waals surface area contributed by atoms with Crippen molar-refractivity contribution < 1.29 is 14.2 Å². The minimum atomic E-state index is -0.473. The van der Waals surface area contributed by atoms with E-state index >= 15 is 0 Å². The molecular formula is C16H16ClN2O3+. The fraction of sp³-hybridized carbons (Fsp3) is 0.250. The Morgan fingerprint density at radius 3 is 2.77 bits per heavy atom. The molecule has 22 heavy (non-hydrogen) atoms. The maximum atomic E-state index is 12.5. The van der Waals surface area contributed by atoms with Crippen LogP contribution in [0, 0.1) is 4.91 Å². The number of methoxy groups -OCH3 is 1. The summed E-state index contributed by atoms with van der Waals surface area (Å²) in [5.74, 6) is 1.25. The summed E-state index contributed by atoms with van der Waals surface area (Å²) in [6.07, 6.45) is -0.473. The molecule has 1 aliphatic heterocycles. The van der Waals surface area contributed by atoms with Crippen LogP contribution >= 0.6 is 11.6 Å². The van der Waals surface area contributed by atoms with Crippen LogP contribution in [0.4, 0.5) is 5.69 Å². The van der Waals surface area contributed by atoms with Gasteiger partial charge in [-0.2, -0.15) is 0 Å². The van der Waals surface area contributed by atoms with Crippen molar-refractivity contribution in [3.63, 3.8) is 0 Å². The van der Waals surface area contributed by atoms with Gasteiger partial charge in [-0.1, -0.05) is 23.7 Å². The van der Waals surface area contributed by atoms with Gasteiger partial charge in [0.1, 0.15) is 5.75 Å². The normalized spacial score (nSPS) is 17.0. The smallest absolute Gasteiger partial charge is 0.304 e. The first-order valence-corrected chi connectivity index (χ1v) is 7.31. The van der Waals surface area contributed by atoms with Crippen LogP contribution in [0.25, 0.3) is 0 Å². The number of benzene rings is 2. The van der Waals surface area contributed by atoms with E-state index in [1.165, 1.54) is 0 Å². The topological polar surface area (TPSA) is 50.6 Å². The van der Waals surface area contributed by atoms with Crippen LogP contribution in [-0.2, 0) is 6.54 Å². The largest absolute Gasteiger partial charge is 0.490 e. The molecule has 0 fully saturated rings. The number of halogens is 1. The van der Waals surface area contributed by atoms with Gasteiger partial charge in [-0.25, -0.2) is 5.32 Å². The molecule has 1 unspecified atom stereocenters. The van der Waals surface area contributed by atoms with Crippen molar-refractivity contribution in [2.75, 3.05) is 13.7 Å². The first-order valence-electron chi connectivity index (χ1n) is 6.93. The van der Waals surface area contributed by atoms with Gasteiger partial charge in [0.25, 0.3) is 6.17 Å². The molecule has 3 rings (SSSR count). The average Bonchev–Trinajstić information content (AvgIpc) is 2.55.